The summed E-state index contributed by atoms with van der Waals surface area (Å²) in [5, 5.41) is 77.9. The fourth-order valence-corrected chi connectivity index (χ4v) is 18.5. The minimum absolute atomic E-state index is 0.259. The predicted molar refractivity (Wildman–Crippen MR) is 511 cm³/mol. The van der Waals surface area contributed by atoms with Crippen LogP contribution in [0.15, 0.2) is 219 Å². The molecule has 27 rings (SSSR count). The number of aryl methyl sites for hydroxylation is 18. The van der Waals surface area contributed by atoms with E-state index in [-0.39, 0.29) is 68.4 Å². The van der Waals surface area contributed by atoms with Crippen LogP contribution in [0.25, 0.3) is 165 Å². The minimum atomic E-state index is -0.358. The summed E-state index contributed by atoms with van der Waals surface area (Å²) in [6.45, 7) is 36.5. The number of aromatic hydroxyl groups is 6. The Morgan fingerprint density at radius 3 is 0.397 bits per heavy atom. The van der Waals surface area contributed by atoms with Crippen LogP contribution in [-0.2, 0) is 0 Å². The van der Waals surface area contributed by atoms with Crippen LogP contribution in [0, 0.1) is 125 Å². The number of para-hydroxylation sites is 6. The number of aromatic nitrogens is 12. The number of rotatable bonds is 6. The van der Waals surface area contributed by atoms with E-state index in [2.05, 4.69) is 72.8 Å². The molecule has 12 bridgehead atoms. The van der Waals surface area contributed by atoms with Crippen LogP contribution in [0.1, 0.15) is 100 Å². The van der Waals surface area contributed by atoms with Gasteiger partial charge in [-0.15, -0.1) is 0 Å². The maximum Gasteiger partial charge on any atom is 0.221 e. The van der Waals surface area contributed by atoms with Gasteiger partial charge in [-0.1, -0.05) is 143 Å². The molecule has 0 spiro atoms. The van der Waals surface area contributed by atoms with Crippen molar-refractivity contribution in [3.8, 4) is 102 Å². The fourth-order valence-electron chi connectivity index (χ4n) is 18.5. The zero-order chi connectivity index (χ0) is 89.1. The molecule has 0 amide bonds. The molecule has 18 aromatic heterocycles. The van der Waals surface area contributed by atoms with E-state index in [0.717, 1.165) is 134 Å². The average molecular weight is 1660 g/mol. The van der Waals surface area contributed by atoms with Crippen molar-refractivity contribution in [1.82, 2.24) is 59.8 Å². The second kappa shape index (κ2) is 34.2. The van der Waals surface area contributed by atoms with Gasteiger partial charge in [-0.2, -0.15) is 0 Å². The first-order chi connectivity index (χ1) is 60.3. The lowest BCUT2D eigenvalue weighted by atomic mass is 9.91. The van der Waals surface area contributed by atoms with Crippen LogP contribution in [0.2, 0.25) is 0 Å². The topological polar surface area (TPSA) is 276 Å². The molecule has 18 heteroatoms. The number of pyridine rings is 6. The van der Waals surface area contributed by atoms with Crippen LogP contribution < -0.4 is 0 Å². The Labute approximate surface area is 730 Å². The normalized spacial score (nSPS) is 11.3. The van der Waals surface area contributed by atoms with Gasteiger partial charge in [0, 0.05) is 37.2 Å². The third-order valence-corrected chi connectivity index (χ3v) is 23.3. The van der Waals surface area contributed by atoms with Gasteiger partial charge in [-0.05, 0) is 331 Å². The SMILES string of the molecule is Cc1cc(C)c(-c2cc3nc(O)c2cnc2ccccc2ncc2c(-c4c(C)cc(C)cc4C)cc(nc2O)c2cc(-c4c(C)cc(C)cc4C)c(cnc4ccccc4ncc4c(-c5c(C)cc(C)cc5C)cc(nc4O)c4cc(-c5c(C)cc(C)cc5C)c(cnc5ccccc5ncc5c(-c6c(C)cc(C)cc6C)cc3nc5O)c(O)n4)c(O)n2)c(C)c1. The maximum absolute atomic E-state index is 12.7. The lowest BCUT2D eigenvalue weighted by molar-refractivity contribution is 0.460. The highest BCUT2D eigenvalue weighted by Gasteiger charge is 2.24. The van der Waals surface area contributed by atoms with Crippen LogP contribution >= 0.6 is 0 Å². The molecule has 18 nitrogen and oxygen atoms in total. The molecule has 0 saturated carbocycles. The highest BCUT2D eigenvalue weighted by molar-refractivity contribution is 6.02. The quantitative estimate of drug-likeness (QED) is 0.0902. The maximum atomic E-state index is 12.7. The molecule has 9 aromatic carbocycles. The van der Waals surface area contributed by atoms with Crippen molar-refractivity contribution >= 4 is 98.5 Å². The lowest BCUT2D eigenvalue weighted by Crippen LogP contribution is -1.95. The molecule has 0 aliphatic rings. The molecule has 6 N–H and O–H groups in total. The Balaban J connectivity index is 1.04. The van der Waals surface area contributed by atoms with Gasteiger partial charge in [-0.3, -0.25) is 29.9 Å². The van der Waals surface area contributed by atoms with E-state index < -0.39 is 0 Å². The van der Waals surface area contributed by atoms with Gasteiger partial charge in [0.2, 0.25) is 35.3 Å². The summed E-state index contributed by atoms with van der Waals surface area (Å²) in [7, 11) is 0. The fraction of sp³-hybridized carbons (Fsp3) is 0.167. The summed E-state index contributed by atoms with van der Waals surface area (Å²) in [4.78, 5) is 60.0. The van der Waals surface area contributed by atoms with Gasteiger partial charge in [-0.25, -0.2) is 29.9 Å². The first kappa shape index (κ1) is 84.3. The summed E-state index contributed by atoms with van der Waals surface area (Å²) < 4.78 is 0. The summed E-state index contributed by atoms with van der Waals surface area (Å²) in [6.07, 6.45) is 9.49. The van der Waals surface area contributed by atoms with Gasteiger partial charge < -0.3 is 30.6 Å². The highest BCUT2D eigenvalue weighted by atomic mass is 16.3. The molecule has 126 heavy (non-hydrogen) atoms. The molecule has 0 fully saturated rings. The molecule has 18 heterocycles. The van der Waals surface area contributed by atoms with Crippen LogP contribution in [0.5, 0.6) is 35.3 Å². The van der Waals surface area contributed by atoms with Gasteiger partial charge in [0.05, 0.1) is 98.5 Å². The smallest absolute Gasteiger partial charge is 0.221 e. The molecule has 624 valence electrons. The van der Waals surface area contributed by atoms with Gasteiger partial charge in [0.15, 0.2) is 0 Å². The lowest BCUT2D eigenvalue weighted by Gasteiger charge is -2.15. The Morgan fingerprint density at radius 1 is 0.159 bits per heavy atom. The molecule has 0 aliphatic heterocycles. The molecule has 0 saturated heterocycles. The Kier molecular flexibility index (Phi) is 22.9. The summed E-state index contributed by atoms with van der Waals surface area (Å²) in [6, 6.07) is 58.2. The number of benzene rings is 9. The summed E-state index contributed by atoms with van der Waals surface area (Å²) in [5.41, 5.74) is 30.0. The van der Waals surface area contributed by atoms with Crippen LogP contribution in [0.3, 0.4) is 0 Å². The van der Waals surface area contributed by atoms with Crippen molar-refractivity contribution in [2.75, 3.05) is 0 Å². The summed E-state index contributed by atoms with van der Waals surface area (Å²) in [5.74, 6) is -2.15. The van der Waals surface area contributed by atoms with Crippen molar-refractivity contribution in [3.05, 3.63) is 319 Å². The Hall–Kier alpha value is -15.3. The predicted octanol–water partition coefficient (Wildman–Crippen LogP) is 25.3. The Bertz CT molecular complexity index is 6540. The van der Waals surface area contributed by atoms with Crippen molar-refractivity contribution < 1.29 is 30.6 Å². The number of nitrogens with zero attached hydrogens (tertiary/aromatic N) is 12. The number of hydrogen-bond donors (Lipinski definition) is 6. The highest BCUT2D eigenvalue weighted by Crippen LogP contribution is 2.45. The summed E-state index contributed by atoms with van der Waals surface area (Å²) >= 11 is 0. The largest absolute Gasteiger partial charge is 0.493 e. The van der Waals surface area contributed by atoms with Gasteiger partial charge in [0.1, 0.15) is 0 Å². The van der Waals surface area contributed by atoms with Crippen molar-refractivity contribution in [2.45, 2.75) is 125 Å². The second-order valence-electron chi connectivity index (χ2n) is 33.4. The Morgan fingerprint density at radius 2 is 0.278 bits per heavy atom. The first-order valence-corrected chi connectivity index (χ1v) is 41.8. The van der Waals surface area contributed by atoms with E-state index in [1.165, 1.54) is 0 Å². The van der Waals surface area contributed by atoms with E-state index in [9.17, 15) is 30.6 Å². The van der Waals surface area contributed by atoms with E-state index >= 15 is 0 Å². The van der Waals surface area contributed by atoms with E-state index in [4.69, 9.17) is 59.8 Å². The van der Waals surface area contributed by atoms with Crippen LogP contribution in [-0.4, -0.2) is 90.4 Å². The van der Waals surface area contributed by atoms with E-state index in [0.29, 0.717) is 98.8 Å². The van der Waals surface area contributed by atoms with Crippen molar-refractivity contribution in [3.63, 3.8) is 0 Å². The standard InChI is InChI=1S/C108H96N12O6/c1-55-31-61(7)97(62(8)32-55)73-43-91-92-44-74(98-63(9)33-56(2)34-64(98)10)80(104(122)116-92)50-111-87-27-21-22-28-88(87)112-52-82-77(101-69(15)39-59(5)40-70(101)16)47-95(119-106(82)124)96-48-78(102-71(17)41-60(6)42-72(102)18)84(108(126)120-96)54-114-90-30-24-23-29-89(90)113-53-83-76(100-67(13)37-58(4)38-68(100)14)46-94(118-107(83)125)93-45-75(99-65(11)35-57(3)36-66(99)12)81(105(123)117-93)51-110-86-26-20-19-25-85(86)109-49-79(73)103(121)115-91/h19-54H,1-18H3,(H,115,121)(H,116,122)(H,117,123)(H,118,125)(H,119,124)(H,120,126). The molecule has 0 unspecified atom stereocenters. The molecule has 0 atom stereocenters. The molecular weight excluding hydrogens is 1560 g/mol. The minimum Gasteiger partial charge on any atom is -0.493 e. The van der Waals surface area contributed by atoms with Gasteiger partial charge in [0.25, 0.3) is 0 Å². The zero-order valence-electron chi connectivity index (χ0n) is 73.8. The zero-order valence-corrected chi connectivity index (χ0v) is 73.8. The van der Waals surface area contributed by atoms with E-state index in [1.54, 1.807) is 37.2 Å². The van der Waals surface area contributed by atoms with E-state index in [1.807, 2.05) is 234 Å². The third kappa shape index (κ3) is 16.6. The second-order valence-corrected chi connectivity index (χ2v) is 33.4. The van der Waals surface area contributed by atoms with Gasteiger partial charge >= 0.3 is 0 Å². The molecule has 27 aromatic rings. The molecular formula is C108H96N12O6. The average Bonchev–Trinajstić information content (AvgIpc) is 0.765. The van der Waals surface area contributed by atoms with Crippen LogP contribution in [0.4, 0.5) is 0 Å². The molecule has 0 radical (unpaired) electrons. The monoisotopic (exact) mass is 1660 g/mol. The van der Waals surface area contributed by atoms with Crippen molar-refractivity contribution in [2.24, 2.45) is 0 Å². The molecule has 0 aliphatic carbocycles. The number of hydrogen-bond acceptors (Lipinski definition) is 18. The third-order valence-electron chi connectivity index (χ3n) is 23.3. The van der Waals surface area contributed by atoms with Crippen molar-refractivity contribution in [1.29, 1.82) is 0 Å². The first-order valence-electron chi connectivity index (χ1n) is 41.8.